The summed E-state index contributed by atoms with van der Waals surface area (Å²) in [5.41, 5.74) is 7.92. The SMILES string of the molecule is CC(C)CCN(c1cccc(Cl)c1N)C1CC1. The lowest BCUT2D eigenvalue weighted by Crippen LogP contribution is -2.28. The minimum Gasteiger partial charge on any atom is -0.396 e. The van der Waals surface area contributed by atoms with Gasteiger partial charge in [0.05, 0.1) is 16.4 Å². The number of halogens is 1. The molecule has 1 fully saturated rings. The van der Waals surface area contributed by atoms with Crippen molar-refractivity contribution < 1.29 is 0 Å². The number of anilines is 2. The molecule has 2 rings (SSSR count). The number of nitrogen functional groups attached to an aromatic ring is 1. The number of para-hydroxylation sites is 1. The average molecular weight is 253 g/mol. The van der Waals surface area contributed by atoms with Crippen molar-refractivity contribution in [2.75, 3.05) is 17.2 Å². The summed E-state index contributed by atoms with van der Waals surface area (Å²) in [6.07, 6.45) is 3.76. The lowest BCUT2D eigenvalue weighted by molar-refractivity contribution is 0.571. The summed E-state index contributed by atoms with van der Waals surface area (Å²) in [5.74, 6) is 0.719. The molecule has 2 nitrogen and oxygen atoms in total. The summed E-state index contributed by atoms with van der Waals surface area (Å²) < 4.78 is 0. The van der Waals surface area contributed by atoms with E-state index in [1.807, 2.05) is 12.1 Å². The molecule has 0 aliphatic heterocycles. The summed E-state index contributed by atoms with van der Waals surface area (Å²) >= 11 is 6.09. The van der Waals surface area contributed by atoms with Crippen LogP contribution in [0.3, 0.4) is 0 Å². The second kappa shape index (κ2) is 5.18. The number of benzene rings is 1. The van der Waals surface area contributed by atoms with Crippen LogP contribution in [0.5, 0.6) is 0 Å². The van der Waals surface area contributed by atoms with Crippen LogP contribution in [0.15, 0.2) is 18.2 Å². The van der Waals surface area contributed by atoms with Crippen molar-refractivity contribution in [2.45, 2.75) is 39.2 Å². The molecule has 1 aliphatic rings. The van der Waals surface area contributed by atoms with Crippen molar-refractivity contribution in [3.63, 3.8) is 0 Å². The van der Waals surface area contributed by atoms with Crippen LogP contribution in [0.25, 0.3) is 0 Å². The number of rotatable bonds is 5. The molecule has 2 N–H and O–H groups in total. The van der Waals surface area contributed by atoms with E-state index in [4.69, 9.17) is 17.3 Å². The van der Waals surface area contributed by atoms with Gasteiger partial charge in [-0.05, 0) is 37.3 Å². The van der Waals surface area contributed by atoms with Crippen molar-refractivity contribution in [1.82, 2.24) is 0 Å². The van der Waals surface area contributed by atoms with E-state index in [-0.39, 0.29) is 0 Å². The molecule has 1 aliphatic carbocycles. The smallest absolute Gasteiger partial charge is 0.0741 e. The van der Waals surface area contributed by atoms with Crippen molar-refractivity contribution in [3.8, 4) is 0 Å². The molecule has 1 aromatic rings. The number of nitrogens with two attached hydrogens (primary N) is 1. The topological polar surface area (TPSA) is 29.3 Å². The molecule has 0 bridgehead atoms. The van der Waals surface area contributed by atoms with E-state index in [0.29, 0.717) is 11.1 Å². The van der Waals surface area contributed by atoms with Gasteiger partial charge < -0.3 is 10.6 Å². The average Bonchev–Trinajstić information content (AvgIpc) is 3.08. The summed E-state index contributed by atoms with van der Waals surface area (Å²) in [7, 11) is 0. The van der Waals surface area contributed by atoms with Gasteiger partial charge in [-0.25, -0.2) is 0 Å². The Kier molecular flexibility index (Phi) is 3.82. The maximum Gasteiger partial charge on any atom is 0.0741 e. The molecular weight excluding hydrogens is 232 g/mol. The number of hydrogen-bond donors (Lipinski definition) is 1. The van der Waals surface area contributed by atoms with Gasteiger partial charge in [0, 0.05) is 12.6 Å². The fraction of sp³-hybridized carbons (Fsp3) is 0.571. The highest BCUT2D eigenvalue weighted by atomic mass is 35.5. The fourth-order valence-electron chi connectivity index (χ4n) is 2.06. The zero-order valence-electron chi connectivity index (χ0n) is 10.6. The first kappa shape index (κ1) is 12.6. The zero-order valence-corrected chi connectivity index (χ0v) is 11.4. The van der Waals surface area contributed by atoms with Crippen LogP contribution < -0.4 is 10.6 Å². The predicted molar refractivity (Wildman–Crippen MR) is 75.7 cm³/mol. The highest BCUT2D eigenvalue weighted by molar-refractivity contribution is 6.33. The Balaban J connectivity index is 2.17. The summed E-state index contributed by atoms with van der Waals surface area (Å²) in [6.45, 7) is 5.59. The Morgan fingerprint density at radius 3 is 2.71 bits per heavy atom. The molecule has 0 spiro atoms. The number of hydrogen-bond acceptors (Lipinski definition) is 2. The van der Waals surface area contributed by atoms with Crippen molar-refractivity contribution >= 4 is 23.0 Å². The molecule has 0 saturated heterocycles. The third-order valence-electron chi connectivity index (χ3n) is 3.27. The van der Waals surface area contributed by atoms with Gasteiger partial charge in [-0.1, -0.05) is 31.5 Å². The fourth-order valence-corrected chi connectivity index (χ4v) is 2.23. The monoisotopic (exact) mass is 252 g/mol. The maximum absolute atomic E-state index is 6.09. The third-order valence-corrected chi connectivity index (χ3v) is 3.60. The largest absolute Gasteiger partial charge is 0.396 e. The molecule has 0 heterocycles. The van der Waals surface area contributed by atoms with E-state index in [1.165, 1.54) is 19.3 Å². The van der Waals surface area contributed by atoms with Crippen LogP contribution >= 0.6 is 11.6 Å². The van der Waals surface area contributed by atoms with Gasteiger partial charge in [-0.2, -0.15) is 0 Å². The Hall–Kier alpha value is -0.890. The van der Waals surface area contributed by atoms with Gasteiger partial charge in [0.2, 0.25) is 0 Å². The number of nitrogens with zero attached hydrogens (tertiary/aromatic N) is 1. The molecule has 0 unspecified atom stereocenters. The second-order valence-electron chi connectivity index (χ2n) is 5.28. The van der Waals surface area contributed by atoms with Crippen LogP contribution in [-0.2, 0) is 0 Å². The van der Waals surface area contributed by atoms with Crippen LogP contribution in [0.1, 0.15) is 33.1 Å². The van der Waals surface area contributed by atoms with E-state index >= 15 is 0 Å². The molecule has 17 heavy (non-hydrogen) atoms. The maximum atomic E-state index is 6.09. The molecule has 0 radical (unpaired) electrons. The Morgan fingerprint density at radius 2 is 2.12 bits per heavy atom. The van der Waals surface area contributed by atoms with Gasteiger partial charge in [-0.15, -0.1) is 0 Å². The molecule has 0 amide bonds. The van der Waals surface area contributed by atoms with Gasteiger partial charge >= 0.3 is 0 Å². The summed E-state index contributed by atoms with van der Waals surface area (Å²) in [6, 6.07) is 6.60. The Bertz CT molecular complexity index is 386. The molecule has 94 valence electrons. The lowest BCUT2D eigenvalue weighted by Gasteiger charge is -2.27. The summed E-state index contributed by atoms with van der Waals surface area (Å²) in [4.78, 5) is 2.43. The van der Waals surface area contributed by atoms with E-state index in [1.54, 1.807) is 0 Å². The highest BCUT2D eigenvalue weighted by Crippen LogP contribution is 2.37. The Morgan fingerprint density at radius 1 is 1.41 bits per heavy atom. The third kappa shape index (κ3) is 3.06. The minimum atomic E-state index is 0.665. The lowest BCUT2D eigenvalue weighted by atomic mass is 10.1. The standard InChI is InChI=1S/C14H21ClN2/c1-10(2)8-9-17(11-6-7-11)13-5-3-4-12(15)14(13)16/h3-5,10-11H,6-9,16H2,1-2H3. The van der Waals surface area contributed by atoms with Gasteiger partial charge in [-0.3, -0.25) is 0 Å². The van der Waals surface area contributed by atoms with E-state index in [0.717, 1.165) is 23.8 Å². The normalized spacial score (nSPS) is 15.3. The molecular formula is C14H21ClN2. The molecule has 1 saturated carbocycles. The molecule has 0 atom stereocenters. The zero-order chi connectivity index (χ0) is 12.4. The van der Waals surface area contributed by atoms with Crippen LogP contribution in [0, 0.1) is 5.92 Å². The summed E-state index contributed by atoms with van der Waals surface area (Å²) in [5, 5.41) is 0.665. The molecule has 0 aromatic heterocycles. The van der Waals surface area contributed by atoms with Crippen molar-refractivity contribution in [1.29, 1.82) is 0 Å². The van der Waals surface area contributed by atoms with Gasteiger partial charge in [0.25, 0.3) is 0 Å². The predicted octanol–water partition coefficient (Wildman–Crippen LogP) is 3.94. The van der Waals surface area contributed by atoms with Crippen LogP contribution in [-0.4, -0.2) is 12.6 Å². The molecule has 3 heteroatoms. The first-order valence-corrected chi connectivity index (χ1v) is 6.78. The highest BCUT2D eigenvalue weighted by Gasteiger charge is 2.30. The van der Waals surface area contributed by atoms with Gasteiger partial charge in [0.15, 0.2) is 0 Å². The van der Waals surface area contributed by atoms with Crippen molar-refractivity contribution in [3.05, 3.63) is 23.2 Å². The van der Waals surface area contributed by atoms with Gasteiger partial charge in [0.1, 0.15) is 0 Å². The quantitative estimate of drug-likeness (QED) is 0.805. The minimum absolute atomic E-state index is 0.665. The molecule has 1 aromatic carbocycles. The second-order valence-corrected chi connectivity index (χ2v) is 5.69. The van der Waals surface area contributed by atoms with E-state index < -0.39 is 0 Å². The van der Waals surface area contributed by atoms with E-state index in [2.05, 4.69) is 24.8 Å². The first-order valence-electron chi connectivity index (χ1n) is 6.40. The van der Waals surface area contributed by atoms with E-state index in [9.17, 15) is 0 Å². The Labute approximate surface area is 109 Å². The first-order chi connectivity index (χ1) is 8.09. The van der Waals surface area contributed by atoms with Crippen LogP contribution in [0.4, 0.5) is 11.4 Å². The van der Waals surface area contributed by atoms with Crippen LogP contribution in [0.2, 0.25) is 5.02 Å². The van der Waals surface area contributed by atoms with Crippen molar-refractivity contribution in [2.24, 2.45) is 5.92 Å².